The van der Waals surface area contributed by atoms with Crippen molar-refractivity contribution in [3.63, 3.8) is 0 Å². The van der Waals surface area contributed by atoms with Gasteiger partial charge in [-0.2, -0.15) is 21.4 Å². The van der Waals surface area contributed by atoms with Crippen molar-refractivity contribution >= 4 is 76.2 Å². The molecule has 350 valence electrons. The molecule has 0 saturated carbocycles. The number of anilines is 1. The Hall–Kier alpha value is -5.86. The van der Waals surface area contributed by atoms with Gasteiger partial charge in [-0.05, 0) is 122 Å². The molecule has 2 N–H and O–H groups in total. The van der Waals surface area contributed by atoms with Crippen molar-refractivity contribution in [2.24, 2.45) is 0 Å². The predicted octanol–water partition coefficient (Wildman–Crippen LogP) is 11.7. The molecule has 0 saturated heterocycles. The van der Waals surface area contributed by atoms with Crippen molar-refractivity contribution in [1.29, 1.82) is 0 Å². The summed E-state index contributed by atoms with van der Waals surface area (Å²) in [5.74, 6) is -0.334. The first kappa shape index (κ1) is 47.6. The summed E-state index contributed by atoms with van der Waals surface area (Å²) in [6.45, 7) is 15.1. The van der Waals surface area contributed by atoms with E-state index in [2.05, 4.69) is 97.9 Å². The lowest BCUT2D eigenvalue weighted by atomic mass is 9.79. The van der Waals surface area contributed by atoms with Gasteiger partial charge in [0.2, 0.25) is 5.69 Å². The van der Waals surface area contributed by atoms with Crippen molar-refractivity contribution in [1.82, 2.24) is 0 Å². The topological polar surface area (TPSA) is 151 Å². The fraction of sp³-hybridized carbons (Fsp3) is 0.333. The standard InChI is InChI=1S/C54H58N2O9S2/c1-52(2,3)65-51(57)64-50-42(26-30-46-53(4,5)48-38-20-10-8-18-36(38)24-28-44(48)55(46)32-14-16-34-66(58,59)60)40-22-12-13-23-41(40)43(50)27-31-47-54(6,7)49-39-21-11-9-19-37(39)25-29-45(49)56(47)33-15-17-35-67(61,62)63/h8-13,18-31H,14-17,32-35H2,1-7H3,(H-,58,59,60,61,62,63)/p+1. The maximum absolute atomic E-state index is 13.8. The van der Waals surface area contributed by atoms with Crippen LogP contribution in [0, 0.1) is 0 Å². The van der Waals surface area contributed by atoms with Crippen molar-refractivity contribution in [3.05, 3.63) is 155 Å². The lowest BCUT2D eigenvalue weighted by Crippen LogP contribution is -2.28. The van der Waals surface area contributed by atoms with Gasteiger partial charge in [-0.15, -0.1) is 0 Å². The van der Waals surface area contributed by atoms with Gasteiger partial charge in [0, 0.05) is 58.6 Å². The molecule has 5 aromatic carbocycles. The second-order valence-electron chi connectivity index (χ2n) is 19.6. The summed E-state index contributed by atoms with van der Waals surface area (Å²) >= 11 is 0. The molecule has 3 aliphatic rings. The van der Waals surface area contributed by atoms with E-state index in [1.54, 1.807) is 20.8 Å². The fourth-order valence-electron chi connectivity index (χ4n) is 10.1. The third-order valence-corrected chi connectivity index (χ3v) is 14.6. The van der Waals surface area contributed by atoms with Gasteiger partial charge in [0.1, 0.15) is 17.9 Å². The van der Waals surface area contributed by atoms with E-state index in [-0.39, 0.29) is 24.3 Å². The van der Waals surface area contributed by atoms with Crippen LogP contribution in [-0.2, 0) is 40.5 Å². The second-order valence-corrected chi connectivity index (χ2v) is 22.8. The molecule has 2 aliphatic heterocycles. The summed E-state index contributed by atoms with van der Waals surface area (Å²) < 4.78 is 80.1. The van der Waals surface area contributed by atoms with E-state index in [9.17, 15) is 30.7 Å². The molecule has 1 aliphatic carbocycles. The molecule has 67 heavy (non-hydrogen) atoms. The van der Waals surface area contributed by atoms with Crippen LogP contribution in [0.2, 0.25) is 0 Å². The highest BCUT2D eigenvalue weighted by molar-refractivity contribution is 7.86. The smallest absolute Gasteiger partial charge is 0.428 e. The Kier molecular flexibility index (Phi) is 12.8. The Labute approximate surface area is 394 Å². The lowest BCUT2D eigenvalue weighted by molar-refractivity contribution is -0.438. The molecule has 0 radical (unpaired) electrons. The van der Waals surface area contributed by atoms with Crippen LogP contribution in [0.1, 0.15) is 96.4 Å². The molecule has 0 atom stereocenters. The first-order valence-corrected chi connectivity index (χ1v) is 26.0. The van der Waals surface area contributed by atoms with Crippen molar-refractivity contribution < 1.29 is 44.8 Å². The highest BCUT2D eigenvalue weighted by atomic mass is 32.2. The maximum Gasteiger partial charge on any atom is 0.514 e. The quantitative estimate of drug-likeness (QED) is 0.0476. The molecule has 13 heteroatoms. The summed E-state index contributed by atoms with van der Waals surface area (Å²) in [6.07, 6.45) is 8.85. The van der Waals surface area contributed by atoms with Crippen molar-refractivity contribution in [2.45, 2.75) is 90.6 Å². The largest absolute Gasteiger partial charge is 0.514 e. The lowest BCUT2D eigenvalue weighted by Gasteiger charge is -2.27. The number of nitrogens with zero attached hydrogens (tertiary/aromatic N) is 2. The van der Waals surface area contributed by atoms with Gasteiger partial charge in [-0.3, -0.25) is 9.11 Å². The van der Waals surface area contributed by atoms with E-state index >= 15 is 0 Å². The second kappa shape index (κ2) is 18.0. The van der Waals surface area contributed by atoms with Crippen LogP contribution in [0.5, 0.6) is 0 Å². The fourth-order valence-corrected chi connectivity index (χ4v) is 11.3. The van der Waals surface area contributed by atoms with E-state index in [1.165, 1.54) is 0 Å². The molecule has 11 nitrogen and oxygen atoms in total. The summed E-state index contributed by atoms with van der Waals surface area (Å²) in [6, 6.07) is 32.9. The predicted molar refractivity (Wildman–Crippen MR) is 268 cm³/mol. The molecule has 0 bridgehead atoms. The molecule has 0 amide bonds. The summed E-state index contributed by atoms with van der Waals surface area (Å²) in [5.41, 5.74) is 7.44. The highest BCUT2D eigenvalue weighted by Crippen LogP contribution is 2.52. The average molecular weight is 944 g/mol. The number of unbranched alkanes of at least 4 members (excludes halogenated alkanes) is 2. The Morgan fingerprint density at radius 1 is 0.687 bits per heavy atom. The number of ether oxygens (including phenoxy) is 2. The van der Waals surface area contributed by atoms with Crippen LogP contribution in [0.3, 0.4) is 0 Å². The van der Waals surface area contributed by atoms with Crippen LogP contribution in [0.25, 0.3) is 32.7 Å². The molecule has 0 aromatic heterocycles. The molecule has 0 fully saturated rings. The monoisotopic (exact) mass is 943 g/mol. The molecular weight excluding hydrogens is 885 g/mol. The summed E-state index contributed by atoms with van der Waals surface area (Å²) in [7, 11) is -8.24. The molecule has 8 rings (SSSR count). The Morgan fingerprint density at radius 2 is 1.27 bits per heavy atom. The number of carbonyl (C=O) groups excluding carboxylic acids is 1. The zero-order valence-electron chi connectivity index (χ0n) is 39.2. The van der Waals surface area contributed by atoms with Gasteiger partial charge < -0.3 is 14.4 Å². The molecule has 5 aromatic rings. The molecule has 0 unspecified atom stereocenters. The minimum absolute atomic E-state index is 0.284. The number of hydrogen-bond donors (Lipinski definition) is 2. The van der Waals surface area contributed by atoms with Gasteiger partial charge >= 0.3 is 6.16 Å². The van der Waals surface area contributed by atoms with E-state index in [1.807, 2.05) is 60.7 Å². The third kappa shape index (κ3) is 9.78. The van der Waals surface area contributed by atoms with E-state index in [0.717, 1.165) is 66.6 Å². The first-order chi connectivity index (χ1) is 31.5. The number of carbonyl (C=O) groups is 1. The minimum atomic E-state index is -4.12. The van der Waals surface area contributed by atoms with Gasteiger partial charge in [-0.25, -0.2) is 4.79 Å². The van der Waals surface area contributed by atoms with E-state index in [0.29, 0.717) is 42.8 Å². The Bertz CT molecular complexity index is 3200. The zero-order valence-corrected chi connectivity index (χ0v) is 40.8. The Morgan fingerprint density at radius 3 is 1.91 bits per heavy atom. The average Bonchev–Trinajstić information content (AvgIpc) is 3.75. The zero-order chi connectivity index (χ0) is 48.1. The molecular formula is C54H59N2O9S2+. The van der Waals surface area contributed by atoms with Crippen LogP contribution in [0.4, 0.5) is 16.2 Å². The number of allylic oxidation sites excluding steroid dienone is 7. The molecule has 2 heterocycles. The normalized spacial score (nSPS) is 17.9. The SMILES string of the molecule is CC(C)(C)OC(=O)OC1=C(/C=C/C2=[N+](CCCCS(=O)(=O)O)c3ccc4ccccc4c3C2(C)C)c2ccccc2/C1=C\C=C1\N(CCCCS(=O)(=O)O)c2ccc3ccccc3c2C1(C)C. The van der Waals surface area contributed by atoms with Crippen LogP contribution in [-0.4, -0.2) is 72.6 Å². The molecule has 0 spiro atoms. The summed E-state index contributed by atoms with van der Waals surface area (Å²) in [4.78, 5) is 16.0. The number of benzene rings is 5. The van der Waals surface area contributed by atoms with Gasteiger partial charge in [0.25, 0.3) is 20.2 Å². The number of hydrogen-bond acceptors (Lipinski definition) is 8. The number of rotatable bonds is 14. The van der Waals surface area contributed by atoms with Crippen molar-refractivity contribution in [3.8, 4) is 0 Å². The van der Waals surface area contributed by atoms with E-state index < -0.39 is 42.8 Å². The maximum atomic E-state index is 13.8. The van der Waals surface area contributed by atoms with Crippen LogP contribution < -0.4 is 4.90 Å². The van der Waals surface area contributed by atoms with Crippen LogP contribution >= 0.6 is 0 Å². The van der Waals surface area contributed by atoms with E-state index in [4.69, 9.17) is 9.47 Å². The van der Waals surface area contributed by atoms with Gasteiger partial charge in [0.05, 0.1) is 16.9 Å². The number of fused-ring (bicyclic) bond motifs is 7. The van der Waals surface area contributed by atoms with Gasteiger partial charge in [0.15, 0.2) is 5.71 Å². The van der Waals surface area contributed by atoms with Gasteiger partial charge in [-0.1, -0.05) is 92.7 Å². The minimum Gasteiger partial charge on any atom is -0.428 e. The van der Waals surface area contributed by atoms with Crippen molar-refractivity contribution in [2.75, 3.05) is 29.5 Å². The van der Waals surface area contributed by atoms with Crippen LogP contribution in [0.15, 0.2) is 133 Å². The highest BCUT2D eigenvalue weighted by Gasteiger charge is 2.46. The Balaban J connectivity index is 1.28. The third-order valence-electron chi connectivity index (χ3n) is 13.0. The first-order valence-electron chi connectivity index (χ1n) is 22.8. The summed E-state index contributed by atoms with van der Waals surface area (Å²) in [5, 5.41) is 4.44.